The Kier molecular flexibility index (Phi) is 3.22. The summed E-state index contributed by atoms with van der Waals surface area (Å²) in [4.78, 5) is 0. The lowest BCUT2D eigenvalue weighted by molar-refractivity contribution is -0.0716. The third kappa shape index (κ3) is 2.09. The van der Waals surface area contributed by atoms with Crippen molar-refractivity contribution in [2.24, 2.45) is 11.3 Å². The van der Waals surface area contributed by atoms with Crippen molar-refractivity contribution in [3.8, 4) is 0 Å². The Balaban J connectivity index is 1.90. The molecule has 3 unspecified atom stereocenters. The van der Waals surface area contributed by atoms with Gasteiger partial charge in [0.2, 0.25) is 0 Å². The van der Waals surface area contributed by atoms with Gasteiger partial charge in [0.05, 0.1) is 6.61 Å². The molecular formula is C14H22O2. The first-order chi connectivity index (χ1) is 7.54. The molecule has 1 fully saturated rings. The summed E-state index contributed by atoms with van der Waals surface area (Å²) >= 11 is 0. The molecule has 1 heterocycles. The van der Waals surface area contributed by atoms with E-state index in [-0.39, 0.29) is 12.4 Å². The van der Waals surface area contributed by atoms with Crippen LogP contribution in [0.2, 0.25) is 0 Å². The maximum atomic E-state index is 5.74. The number of hydrogen-bond acceptors (Lipinski definition) is 2. The molecule has 0 bridgehead atoms. The second kappa shape index (κ2) is 4.34. The van der Waals surface area contributed by atoms with Crippen molar-refractivity contribution in [1.82, 2.24) is 0 Å². The van der Waals surface area contributed by atoms with Crippen LogP contribution < -0.4 is 0 Å². The molecule has 0 saturated carbocycles. The van der Waals surface area contributed by atoms with Gasteiger partial charge in [-0.1, -0.05) is 31.6 Å². The quantitative estimate of drug-likeness (QED) is 0.682. The molecule has 0 N–H and O–H groups in total. The Morgan fingerprint density at radius 3 is 2.81 bits per heavy atom. The molecule has 0 aromatic carbocycles. The fourth-order valence-corrected chi connectivity index (χ4v) is 2.54. The van der Waals surface area contributed by atoms with Crippen LogP contribution in [0.5, 0.6) is 0 Å². The third-order valence-corrected chi connectivity index (χ3v) is 4.26. The lowest BCUT2D eigenvalue weighted by Crippen LogP contribution is -2.25. The number of ether oxygens (including phenoxy) is 2. The van der Waals surface area contributed by atoms with Gasteiger partial charge in [0.1, 0.15) is 6.10 Å². The molecule has 2 aliphatic rings. The van der Waals surface area contributed by atoms with Crippen LogP contribution in [0.4, 0.5) is 0 Å². The zero-order valence-electron chi connectivity index (χ0n) is 10.5. The van der Waals surface area contributed by atoms with E-state index in [0.29, 0.717) is 17.9 Å². The van der Waals surface area contributed by atoms with Crippen LogP contribution in [0, 0.1) is 11.3 Å². The van der Waals surface area contributed by atoms with E-state index in [9.17, 15) is 0 Å². The second-order valence-corrected chi connectivity index (χ2v) is 5.45. The van der Waals surface area contributed by atoms with Gasteiger partial charge < -0.3 is 9.47 Å². The van der Waals surface area contributed by atoms with Crippen LogP contribution in [-0.4, -0.2) is 19.0 Å². The lowest BCUT2D eigenvalue weighted by atomic mass is 9.76. The maximum absolute atomic E-state index is 5.74. The Hall–Kier alpha value is -0.600. The third-order valence-electron chi connectivity index (χ3n) is 4.26. The van der Waals surface area contributed by atoms with E-state index in [0.717, 1.165) is 12.8 Å². The van der Waals surface area contributed by atoms with Crippen molar-refractivity contribution < 1.29 is 9.47 Å². The summed E-state index contributed by atoms with van der Waals surface area (Å²) in [6.45, 7) is 11.3. The molecule has 1 saturated heterocycles. The van der Waals surface area contributed by atoms with Gasteiger partial charge in [-0.25, -0.2) is 0 Å². The van der Waals surface area contributed by atoms with Crippen molar-refractivity contribution >= 4 is 0 Å². The van der Waals surface area contributed by atoms with Gasteiger partial charge in [0.15, 0.2) is 6.29 Å². The van der Waals surface area contributed by atoms with Gasteiger partial charge in [-0.2, -0.15) is 0 Å². The first kappa shape index (κ1) is 11.9. The smallest absolute Gasteiger partial charge is 0.158 e. The molecule has 2 rings (SSSR count). The average Bonchev–Trinajstić information content (AvgIpc) is 2.79. The molecule has 0 radical (unpaired) electrons. The summed E-state index contributed by atoms with van der Waals surface area (Å²) < 4.78 is 11.4. The highest BCUT2D eigenvalue weighted by atomic mass is 16.7. The molecule has 1 aliphatic heterocycles. The SMILES string of the molecule is C=CC1COC(CC2CC=C(C)C2(C)C)O1. The molecule has 1 aliphatic carbocycles. The molecule has 0 aromatic rings. The molecule has 16 heavy (non-hydrogen) atoms. The van der Waals surface area contributed by atoms with Crippen LogP contribution in [0.1, 0.15) is 33.6 Å². The minimum absolute atomic E-state index is 0.0356. The maximum Gasteiger partial charge on any atom is 0.158 e. The Morgan fingerprint density at radius 1 is 1.56 bits per heavy atom. The van der Waals surface area contributed by atoms with Gasteiger partial charge >= 0.3 is 0 Å². The van der Waals surface area contributed by atoms with Crippen LogP contribution in [-0.2, 0) is 9.47 Å². The van der Waals surface area contributed by atoms with Crippen molar-refractivity contribution in [3.05, 3.63) is 24.3 Å². The zero-order chi connectivity index (χ0) is 11.8. The van der Waals surface area contributed by atoms with Crippen molar-refractivity contribution in [1.29, 1.82) is 0 Å². The molecule has 0 spiro atoms. The first-order valence-corrected chi connectivity index (χ1v) is 6.11. The van der Waals surface area contributed by atoms with E-state index in [2.05, 4.69) is 33.4 Å². The molecule has 0 amide bonds. The van der Waals surface area contributed by atoms with E-state index in [4.69, 9.17) is 9.47 Å². The summed E-state index contributed by atoms with van der Waals surface area (Å²) in [7, 11) is 0. The Labute approximate surface area is 98.3 Å². The Morgan fingerprint density at radius 2 is 2.31 bits per heavy atom. The van der Waals surface area contributed by atoms with Crippen molar-refractivity contribution in [3.63, 3.8) is 0 Å². The summed E-state index contributed by atoms with van der Waals surface area (Å²) in [6, 6.07) is 0. The fraction of sp³-hybridized carbons (Fsp3) is 0.714. The lowest BCUT2D eigenvalue weighted by Gasteiger charge is -2.31. The van der Waals surface area contributed by atoms with Crippen LogP contribution in [0.25, 0.3) is 0 Å². The highest BCUT2D eigenvalue weighted by Crippen LogP contribution is 2.45. The Bertz CT molecular complexity index is 304. The molecule has 90 valence electrons. The summed E-state index contributed by atoms with van der Waals surface area (Å²) in [6.07, 6.45) is 6.37. The minimum Gasteiger partial charge on any atom is -0.350 e. The molecular weight excluding hydrogens is 200 g/mol. The van der Waals surface area contributed by atoms with Gasteiger partial charge in [0, 0.05) is 6.42 Å². The molecule has 3 atom stereocenters. The summed E-state index contributed by atoms with van der Waals surface area (Å²) in [5.41, 5.74) is 1.79. The van der Waals surface area contributed by atoms with Crippen LogP contribution >= 0.6 is 0 Å². The van der Waals surface area contributed by atoms with Gasteiger partial charge in [-0.3, -0.25) is 0 Å². The zero-order valence-corrected chi connectivity index (χ0v) is 10.5. The van der Waals surface area contributed by atoms with E-state index >= 15 is 0 Å². The van der Waals surface area contributed by atoms with Crippen LogP contribution in [0.15, 0.2) is 24.3 Å². The summed E-state index contributed by atoms with van der Waals surface area (Å²) in [5, 5.41) is 0. The molecule has 2 nitrogen and oxygen atoms in total. The van der Waals surface area contributed by atoms with Crippen molar-refractivity contribution in [2.45, 2.75) is 46.0 Å². The standard InChI is InChI=1S/C14H22O2/c1-5-12-9-15-13(16-12)8-11-7-6-10(2)14(11,3)4/h5-6,11-13H,1,7-9H2,2-4H3. The van der Waals surface area contributed by atoms with E-state index in [1.807, 2.05) is 6.08 Å². The number of allylic oxidation sites excluding steroid dienone is 2. The van der Waals surface area contributed by atoms with Crippen molar-refractivity contribution in [2.75, 3.05) is 6.61 Å². The molecule has 2 heteroatoms. The van der Waals surface area contributed by atoms with Crippen LogP contribution in [0.3, 0.4) is 0 Å². The highest BCUT2D eigenvalue weighted by molar-refractivity contribution is 5.18. The number of rotatable bonds is 3. The largest absolute Gasteiger partial charge is 0.350 e. The normalized spacial score (nSPS) is 37.4. The fourth-order valence-electron chi connectivity index (χ4n) is 2.54. The second-order valence-electron chi connectivity index (χ2n) is 5.45. The van der Waals surface area contributed by atoms with Gasteiger partial charge in [0.25, 0.3) is 0 Å². The topological polar surface area (TPSA) is 18.5 Å². The average molecular weight is 222 g/mol. The minimum atomic E-state index is -0.0356. The number of hydrogen-bond donors (Lipinski definition) is 0. The van der Waals surface area contributed by atoms with E-state index in [1.165, 1.54) is 5.57 Å². The van der Waals surface area contributed by atoms with E-state index < -0.39 is 0 Å². The van der Waals surface area contributed by atoms with Gasteiger partial charge in [-0.15, -0.1) is 6.58 Å². The van der Waals surface area contributed by atoms with E-state index in [1.54, 1.807) is 0 Å². The highest BCUT2D eigenvalue weighted by Gasteiger charge is 2.38. The monoisotopic (exact) mass is 222 g/mol. The van der Waals surface area contributed by atoms with Gasteiger partial charge in [-0.05, 0) is 24.7 Å². The predicted molar refractivity (Wildman–Crippen MR) is 65.1 cm³/mol. The molecule has 0 aromatic heterocycles. The first-order valence-electron chi connectivity index (χ1n) is 6.11. The predicted octanol–water partition coefficient (Wildman–Crippen LogP) is 3.30. The summed E-state index contributed by atoms with van der Waals surface area (Å²) in [5.74, 6) is 0.640.